The summed E-state index contributed by atoms with van der Waals surface area (Å²) in [5.41, 5.74) is 1.33. The van der Waals surface area contributed by atoms with Crippen molar-refractivity contribution in [2.45, 2.75) is 30.4 Å². The van der Waals surface area contributed by atoms with E-state index in [-0.39, 0.29) is 35.9 Å². The summed E-state index contributed by atoms with van der Waals surface area (Å²) in [4.78, 5) is 63.3. The van der Waals surface area contributed by atoms with Crippen LogP contribution in [0.1, 0.15) is 35.4 Å². The molecule has 0 bridgehead atoms. The number of imide groups is 2. The lowest BCUT2D eigenvalue weighted by atomic mass is 9.49. The van der Waals surface area contributed by atoms with Gasteiger partial charge in [0.2, 0.25) is 11.8 Å². The van der Waals surface area contributed by atoms with Crippen molar-refractivity contribution in [3.8, 4) is 5.75 Å². The molecule has 2 aliphatic heterocycles. The minimum atomic E-state index is -4.75. The minimum absolute atomic E-state index is 0.0561. The number of carbonyl (C=O) groups excluding carboxylic acids is 4. The summed E-state index contributed by atoms with van der Waals surface area (Å²) in [6.45, 7) is 0. The molecule has 8 rings (SSSR count). The maximum Gasteiger partial charge on any atom is 0.417 e. The van der Waals surface area contributed by atoms with Gasteiger partial charge in [0, 0.05) is 27.2 Å². The maximum absolute atomic E-state index is 15.2. The van der Waals surface area contributed by atoms with Crippen LogP contribution >= 0.6 is 39.1 Å². The van der Waals surface area contributed by atoms with E-state index in [0.29, 0.717) is 43.6 Å². The molecule has 3 fully saturated rings. The number of halogens is 6. The van der Waals surface area contributed by atoms with Crippen molar-refractivity contribution < 1.29 is 37.5 Å². The van der Waals surface area contributed by atoms with Crippen LogP contribution in [-0.4, -0.2) is 38.7 Å². The Kier molecular flexibility index (Phi) is 8.47. The van der Waals surface area contributed by atoms with Crippen molar-refractivity contribution >= 4 is 74.3 Å². The van der Waals surface area contributed by atoms with Crippen LogP contribution in [0.4, 0.5) is 24.7 Å². The number of hydrazine groups is 1. The Morgan fingerprint density at radius 2 is 1.62 bits per heavy atom. The van der Waals surface area contributed by atoms with Crippen LogP contribution < -0.4 is 10.3 Å². The first-order valence-corrected chi connectivity index (χ1v) is 18.0. The number of para-hydroxylation sites is 1. The number of nitrogens with zero attached hydrogens (tertiary/aromatic N) is 3. The standard InChI is InChI=1S/C38H26BrCl2F3N4O5/c39-20-8-13-29(49)26(15-20)31-23-11-12-24-30(35(52)47(33(24)50)22-4-2-1-3-5-22)25(23)16-27-34(51)48(36(53)37(27,31)18-6-9-21(40)10-7-18)46-32-28(41)14-19(17-45-32)38(42,43)44/h1-11,13-15,17,24-25,27,30-31,49H,12,16H2,(H,45,46). The molecule has 4 amide bonds. The van der Waals surface area contributed by atoms with Gasteiger partial charge < -0.3 is 5.11 Å². The second-order valence-corrected chi connectivity index (χ2v) is 15.2. The molecule has 2 aliphatic carbocycles. The molecule has 3 aromatic carbocycles. The van der Waals surface area contributed by atoms with Crippen molar-refractivity contribution in [1.82, 2.24) is 9.99 Å². The van der Waals surface area contributed by atoms with Gasteiger partial charge >= 0.3 is 6.18 Å². The van der Waals surface area contributed by atoms with E-state index in [1.165, 1.54) is 11.0 Å². The summed E-state index contributed by atoms with van der Waals surface area (Å²) in [7, 11) is 0. The normalized spacial score (nSPS) is 26.7. The Bertz CT molecular complexity index is 2260. The highest BCUT2D eigenvalue weighted by atomic mass is 79.9. The van der Waals surface area contributed by atoms with Crippen LogP contribution in [0.5, 0.6) is 5.75 Å². The molecule has 1 saturated carbocycles. The second kappa shape index (κ2) is 12.7. The van der Waals surface area contributed by atoms with Crippen LogP contribution in [0.2, 0.25) is 10.0 Å². The topological polar surface area (TPSA) is 120 Å². The summed E-state index contributed by atoms with van der Waals surface area (Å²) in [5.74, 6) is -7.58. The third-order valence-corrected chi connectivity index (χ3v) is 11.9. The van der Waals surface area contributed by atoms with E-state index in [4.69, 9.17) is 23.2 Å². The molecule has 4 aromatic rings. The third kappa shape index (κ3) is 5.38. The van der Waals surface area contributed by atoms with Gasteiger partial charge in [-0.3, -0.25) is 29.5 Å². The van der Waals surface area contributed by atoms with Crippen molar-refractivity contribution in [3.63, 3.8) is 0 Å². The number of pyridine rings is 1. The lowest BCUT2D eigenvalue weighted by Crippen LogP contribution is -2.53. The molecule has 0 spiro atoms. The quantitative estimate of drug-likeness (QED) is 0.154. The number of carbonyl (C=O) groups is 4. The Morgan fingerprint density at radius 3 is 2.30 bits per heavy atom. The predicted octanol–water partition coefficient (Wildman–Crippen LogP) is 8.06. The SMILES string of the molecule is O=C1C2CC3C(=CCC4C(=O)N(c5ccccc5)C(=O)C43)C(c3cc(Br)ccc3O)C2(c2ccc(Cl)cc2)C(=O)N1Nc1ncc(C(F)(F)F)cc1Cl. The van der Waals surface area contributed by atoms with Crippen LogP contribution in [0.3, 0.4) is 0 Å². The van der Waals surface area contributed by atoms with E-state index in [9.17, 15) is 32.7 Å². The van der Waals surface area contributed by atoms with E-state index in [2.05, 4.69) is 26.3 Å². The predicted molar refractivity (Wildman–Crippen MR) is 192 cm³/mol. The van der Waals surface area contributed by atoms with Gasteiger partial charge in [0.1, 0.15) is 5.75 Å². The summed E-state index contributed by atoms with van der Waals surface area (Å²) in [6, 6.07) is 20.2. The number of anilines is 2. The number of phenols is 1. The van der Waals surface area contributed by atoms with Gasteiger partial charge in [-0.15, -0.1) is 0 Å². The third-order valence-electron chi connectivity index (χ3n) is 10.9. The first-order valence-electron chi connectivity index (χ1n) is 16.5. The van der Waals surface area contributed by atoms with Crippen molar-refractivity contribution in [1.29, 1.82) is 0 Å². The van der Waals surface area contributed by atoms with Gasteiger partial charge in [-0.2, -0.15) is 18.2 Å². The lowest BCUT2D eigenvalue weighted by molar-refractivity contribution is -0.139. The number of phenolic OH excluding ortho intramolecular Hbond substituents is 1. The number of hydrogen-bond acceptors (Lipinski definition) is 7. The second-order valence-electron chi connectivity index (χ2n) is 13.5. The summed E-state index contributed by atoms with van der Waals surface area (Å²) >= 11 is 16.0. The van der Waals surface area contributed by atoms with Gasteiger partial charge in [0.15, 0.2) is 5.82 Å². The number of amides is 4. The fraction of sp³-hybridized carbons (Fsp3) is 0.237. The zero-order valence-corrected chi connectivity index (χ0v) is 30.2. The molecule has 1 aromatic heterocycles. The first kappa shape index (κ1) is 35.3. The number of hydrogen-bond donors (Lipinski definition) is 2. The molecule has 53 heavy (non-hydrogen) atoms. The molecule has 6 atom stereocenters. The number of nitrogens with one attached hydrogen (secondary N) is 1. The van der Waals surface area contributed by atoms with Crippen molar-refractivity contribution in [2.24, 2.45) is 23.7 Å². The number of fused-ring (bicyclic) bond motifs is 4. The Labute approximate surface area is 318 Å². The summed E-state index contributed by atoms with van der Waals surface area (Å²) in [6.07, 6.45) is -2.28. The Balaban J connectivity index is 1.32. The number of aromatic nitrogens is 1. The van der Waals surface area contributed by atoms with E-state index < -0.39 is 69.5 Å². The van der Waals surface area contributed by atoms with Gasteiger partial charge in [0.25, 0.3) is 11.8 Å². The average Bonchev–Trinajstić information content (AvgIpc) is 3.51. The van der Waals surface area contributed by atoms with Gasteiger partial charge in [-0.1, -0.05) is 81.1 Å². The first-order chi connectivity index (χ1) is 25.2. The average molecular weight is 826 g/mol. The summed E-state index contributed by atoms with van der Waals surface area (Å²) < 4.78 is 40.9. The molecule has 270 valence electrons. The maximum atomic E-state index is 15.2. The minimum Gasteiger partial charge on any atom is -0.508 e. The number of benzene rings is 3. The van der Waals surface area contributed by atoms with Gasteiger partial charge in [-0.25, -0.2) is 4.98 Å². The molecule has 4 aliphatic rings. The van der Waals surface area contributed by atoms with E-state index in [1.54, 1.807) is 66.7 Å². The molecule has 3 heterocycles. The zero-order chi connectivity index (χ0) is 37.6. The van der Waals surface area contributed by atoms with Gasteiger partial charge in [-0.05, 0) is 72.9 Å². The van der Waals surface area contributed by atoms with Crippen LogP contribution in [0, 0.1) is 23.7 Å². The molecule has 9 nitrogen and oxygen atoms in total. The van der Waals surface area contributed by atoms with Crippen molar-refractivity contribution in [2.75, 3.05) is 10.3 Å². The largest absolute Gasteiger partial charge is 0.508 e. The molecule has 2 saturated heterocycles. The number of rotatable bonds is 5. The lowest BCUT2D eigenvalue weighted by Gasteiger charge is -2.50. The van der Waals surface area contributed by atoms with Crippen LogP contribution in [0.25, 0.3) is 0 Å². The number of alkyl halides is 3. The van der Waals surface area contributed by atoms with Crippen LogP contribution in [-0.2, 0) is 30.8 Å². The summed E-state index contributed by atoms with van der Waals surface area (Å²) in [5, 5.41) is 12.1. The van der Waals surface area contributed by atoms with Gasteiger partial charge in [0.05, 0.1) is 39.4 Å². The van der Waals surface area contributed by atoms with E-state index in [1.807, 2.05) is 6.08 Å². The fourth-order valence-electron chi connectivity index (χ4n) is 8.72. The smallest absolute Gasteiger partial charge is 0.417 e. The van der Waals surface area contributed by atoms with Crippen LogP contribution in [0.15, 0.2) is 101 Å². The molecular weight excluding hydrogens is 800 g/mol. The highest BCUT2D eigenvalue weighted by molar-refractivity contribution is 9.10. The Morgan fingerprint density at radius 1 is 0.906 bits per heavy atom. The fourth-order valence-corrected chi connectivity index (χ4v) is 9.43. The van der Waals surface area contributed by atoms with Crippen molar-refractivity contribution in [3.05, 3.63) is 128 Å². The molecule has 2 N–H and O–H groups in total. The van der Waals surface area contributed by atoms with E-state index >= 15 is 4.79 Å². The highest BCUT2D eigenvalue weighted by Crippen LogP contribution is 2.65. The number of aromatic hydroxyl groups is 1. The molecule has 0 radical (unpaired) electrons. The molecule has 15 heteroatoms. The highest BCUT2D eigenvalue weighted by Gasteiger charge is 2.70. The van der Waals surface area contributed by atoms with E-state index in [0.717, 1.165) is 0 Å². The Hall–Kier alpha value is -4.72. The molecular formula is C38H26BrCl2F3N4O5. The zero-order valence-electron chi connectivity index (χ0n) is 27.2. The number of allylic oxidation sites excluding steroid dienone is 2. The monoisotopic (exact) mass is 824 g/mol. The molecule has 6 unspecified atom stereocenters.